The van der Waals surface area contributed by atoms with Gasteiger partial charge in [-0.05, 0) is 24.1 Å². The minimum absolute atomic E-state index is 0.151. The van der Waals surface area contributed by atoms with Crippen molar-refractivity contribution in [2.24, 2.45) is 5.10 Å². The van der Waals surface area contributed by atoms with Crippen LogP contribution in [-0.4, -0.2) is 31.3 Å². The number of aryl methyl sites for hydroxylation is 1. The Morgan fingerprint density at radius 1 is 1.15 bits per heavy atom. The van der Waals surface area contributed by atoms with E-state index in [0.717, 1.165) is 17.4 Å². The molecule has 1 aliphatic rings. The van der Waals surface area contributed by atoms with Crippen molar-refractivity contribution in [1.82, 2.24) is 5.01 Å². The van der Waals surface area contributed by atoms with Gasteiger partial charge in [0.25, 0.3) is 0 Å². The minimum atomic E-state index is -3.42. The summed E-state index contributed by atoms with van der Waals surface area (Å²) in [5, 5.41) is 5.99. The fraction of sp³-hybridized carbons (Fsp3) is 0.263. The first-order valence-electron chi connectivity index (χ1n) is 8.26. The fourth-order valence-electron chi connectivity index (χ4n) is 3.19. The van der Waals surface area contributed by atoms with Crippen LogP contribution in [0.3, 0.4) is 0 Å². The lowest BCUT2D eigenvalue weighted by Crippen LogP contribution is -2.24. The minimum Gasteiger partial charge on any atom is -0.283 e. The van der Waals surface area contributed by atoms with Gasteiger partial charge in [-0.25, -0.2) is 13.4 Å². The van der Waals surface area contributed by atoms with Crippen LogP contribution in [0.5, 0.6) is 0 Å². The van der Waals surface area contributed by atoms with Crippen molar-refractivity contribution in [2.45, 2.75) is 26.3 Å². The first kappa shape index (κ1) is 18.1. The fourth-order valence-corrected chi connectivity index (χ4v) is 3.77. The van der Waals surface area contributed by atoms with Crippen molar-refractivity contribution in [3.8, 4) is 0 Å². The summed E-state index contributed by atoms with van der Waals surface area (Å²) < 4.78 is 25.8. The van der Waals surface area contributed by atoms with Gasteiger partial charge in [0.05, 0.1) is 23.7 Å². The first-order chi connectivity index (χ1) is 12.3. The van der Waals surface area contributed by atoms with E-state index in [9.17, 15) is 13.2 Å². The van der Waals surface area contributed by atoms with E-state index >= 15 is 0 Å². The Labute approximate surface area is 153 Å². The van der Waals surface area contributed by atoms with Gasteiger partial charge in [-0.1, -0.05) is 42.5 Å². The number of carbonyl (C=O) groups excluding carboxylic acids is 1. The maximum atomic E-state index is 12.1. The number of nitrogens with zero attached hydrogens (tertiary/aromatic N) is 2. The number of hydrazone groups is 1. The first-order valence-corrected chi connectivity index (χ1v) is 10.2. The number of sulfonamides is 1. The predicted molar refractivity (Wildman–Crippen MR) is 103 cm³/mol. The van der Waals surface area contributed by atoms with Gasteiger partial charge in [0.2, 0.25) is 15.9 Å². The topological polar surface area (TPSA) is 78.8 Å². The van der Waals surface area contributed by atoms with Gasteiger partial charge in [-0.3, -0.25) is 9.52 Å². The van der Waals surface area contributed by atoms with Crippen LogP contribution in [0, 0.1) is 6.92 Å². The van der Waals surface area contributed by atoms with Crippen molar-refractivity contribution in [2.75, 3.05) is 11.0 Å². The van der Waals surface area contributed by atoms with E-state index in [1.807, 2.05) is 43.3 Å². The molecule has 1 atom stereocenters. The van der Waals surface area contributed by atoms with E-state index in [1.54, 1.807) is 12.1 Å². The molecule has 0 aromatic heterocycles. The van der Waals surface area contributed by atoms with Crippen LogP contribution < -0.4 is 4.72 Å². The standard InChI is InChI=1S/C19H21N3O3S/c1-13-8-4-5-9-15(13)19-12-18(20-22(19)14(2)23)16-10-6-7-11-17(16)21-26(3,24)25/h4-11,19,21H,12H2,1-3H3/t19-/m0/s1. The Morgan fingerprint density at radius 3 is 2.46 bits per heavy atom. The second-order valence-electron chi connectivity index (χ2n) is 6.41. The maximum absolute atomic E-state index is 12.1. The highest BCUT2D eigenvalue weighted by atomic mass is 32.2. The number of para-hydroxylation sites is 1. The third-order valence-corrected chi connectivity index (χ3v) is 4.90. The molecular weight excluding hydrogens is 350 g/mol. The summed E-state index contributed by atoms with van der Waals surface area (Å²) in [6.07, 6.45) is 1.63. The van der Waals surface area contributed by atoms with Crippen LogP contribution in [-0.2, 0) is 14.8 Å². The molecule has 3 rings (SSSR count). The zero-order chi connectivity index (χ0) is 18.9. The van der Waals surface area contributed by atoms with Crippen LogP contribution in [0.4, 0.5) is 5.69 Å². The van der Waals surface area contributed by atoms with Gasteiger partial charge in [-0.2, -0.15) is 5.10 Å². The molecule has 136 valence electrons. The molecule has 0 spiro atoms. The summed E-state index contributed by atoms with van der Waals surface area (Å²) in [7, 11) is -3.42. The number of benzene rings is 2. The second-order valence-corrected chi connectivity index (χ2v) is 8.16. The number of carbonyl (C=O) groups is 1. The molecule has 1 amide bonds. The molecule has 1 heterocycles. The second kappa shape index (κ2) is 6.92. The lowest BCUT2D eigenvalue weighted by molar-refractivity contribution is -0.130. The van der Waals surface area contributed by atoms with E-state index in [0.29, 0.717) is 23.4 Å². The number of hydrogen-bond donors (Lipinski definition) is 1. The zero-order valence-corrected chi connectivity index (χ0v) is 15.7. The summed E-state index contributed by atoms with van der Waals surface area (Å²) in [6, 6.07) is 14.8. The molecule has 0 bridgehead atoms. The number of rotatable bonds is 4. The summed E-state index contributed by atoms with van der Waals surface area (Å²) in [6.45, 7) is 3.49. The van der Waals surface area contributed by atoms with E-state index in [1.165, 1.54) is 11.9 Å². The zero-order valence-electron chi connectivity index (χ0n) is 14.9. The average molecular weight is 371 g/mol. The van der Waals surface area contributed by atoms with Crippen LogP contribution in [0.25, 0.3) is 0 Å². The molecule has 0 radical (unpaired) electrons. The Bertz CT molecular complexity index is 983. The number of anilines is 1. The van der Waals surface area contributed by atoms with Crippen molar-refractivity contribution >= 4 is 27.3 Å². The average Bonchev–Trinajstić information content (AvgIpc) is 2.99. The summed E-state index contributed by atoms with van der Waals surface area (Å²) >= 11 is 0. The number of hydrogen-bond acceptors (Lipinski definition) is 4. The molecule has 0 aliphatic carbocycles. The maximum Gasteiger partial charge on any atom is 0.240 e. The monoisotopic (exact) mass is 371 g/mol. The Hall–Kier alpha value is -2.67. The lowest BCUT2D eigenvalue weighted by Gasteiger charge is -2.22. The summed E-state index contributed by atoms with van der Waals surface area (Å²) in [5.74, 6) is -0.151. The van der Waals surface area contributed by atoms with E-state index in [2.05, 4.69) is 9.82 Å². The molecule has 6 nitrogen and oxygen atoms in total. The smallest absolute Gasteiger partial charge is 0.240 e. The molecule has 0 saturated carbocycles. The molecular formula is C19H21N3O3S. The molecule has 0 unspecified atom stereocenters. The molecule has 1 N–H and O–H groups in total. The quantitative estimate of drug-likeness (QED) is 0.897. The third-order valence-electron chi connectivity index (χ3n) is 4.31. The lowest BCUT2D eigenvalue weighted by atomic mass is 9.95. The van der Waals surface area contributed by atoms with Gasteiger partial charge in [0, 0.05) is 18.9 Å². The summed E-state index contributed by atoms with van der Waals surface area (Å²) in [5.41, 5.74) is 3.95. The van der Waals surface area contributed by atoms with E-state index < -0.39 is 10.0 Å². The molecule has 2 aromatic carbocycles. The van der Waals surface area contributed by atoms with Crippen LogP contribution in [0.1, 0.15) is 36.1 Å². The largest absolute Gasteiger partial charge is 0.283 e. The van der Waals surface area contributed by atoms with Gasteiger partial charge in [0.15, 0.2) is 0 Å². The Kier molecular flexibility index (Phi) is 4.82. The van der Waals surface area contributed by atoms with E-state index in [4.69, 9.17) is 0 Å². The van der Waals surface area contributed by atoms with Gasteiger partial charge in [0.1, 0.15) is 0 Å². The number of amides is 1. The highest BCUT2D eigenvalue weighted by Gasteiger charge is 2.33. The van der Waals surface area contributed by atoms with Crippen molar-refractivity contribution in [3.05, 3.63) is 65.2 Å². The SMILES string of the molecule is CC(=O)N1N=C(c2ccccc2NS(C)(=O)=O)C[C@H]1c1ccccc1C. The molecule has 26 heavy (non-hydrogen) atoms. The van der Waals surface area contributed by atoms with Crippen molar-refractivity contribution in [1.29, 1.82) is 0 Å². The third kappa shape index (κ3) is 3.77. The van der Waals surface area contributed by atoms with Crippen LogP contribution >= 0.6 is 0 Å². The van der Waals surface area contributed by atoms with Crippen molar-refractivity contribution < 1.29 is 13.2 Å². The predicted octanol–water partition coefficient (Wildman–Crippen LogP) is 3.06. The van der Waals surface area contributed by atoms with Gasteiger partial charge < -0.3 is 0 Å². The number of nitrogens with one attached hydrogen (secondary N) is 1. The molecule has 2 aromatic rings. The Balaban J connectivity index is 2.02. The Morgan fingerprint density at radius 2 is 1.81 bits per heavy atom. The highest BCUT2D eigenvalue weighted by molar-refractivity contribution is 7.92. The van der Waals surface area contributed by atoms with Crippen LogP contribution in [0.2, 0.25) is 0 Å². The van der Waals surface area contributed by atoms with Gasteiger partial charge in [-0.15, -0.1) is 0 Å². The van der Waals surface area contributed by atoms with Gasteiger partial charge >= 0.3 is 0 Å². The molecule has 0 fully saturated rings. The highest BCUT2D eigenvalue weighted by Crippen LogP contribution is 2.35. The van der Waals surface area contributed by atoms with Crippen molar-refractivity contribution in [3.63, 3.8) is 0 Å². The normalized spacial score (nSPS) is 17.1. The summed E-state index contributed by atoms with van der Waals surface area (Å²) in [4.78, 5) is 12.1. The molecule has 1 aliphatic heterocycles. The van der Waals surface area contributed by atoms with Crippen LogP contribution in [0.15, 0.2) is 53.6 Å². The molecule has 0 saturated heterocycles. The van der Waals surface area contributed by atoms with E-state index in [-0.39, 0.29) is 11.9 Å². The molecule has 7 heteroatoms.